The Bertz CT molecular complexity index is 299. The van der Waals surface area contributed by atoms with Crippen LogP contribution < -0.4 is 0 Å². The zero-order valence-corrected chi connectivity index (χ0v) is 11.0. The number of unbranched alkanes of at least 4 members (excludes halogenated alkanes) is 1. The molecule has 0 aromatic carbocycles. The number of aliphatic carboxylic acids is 1. The molecule has 0 radical (unpaired) electrons. The van der Waals surface area contributed by atoms with Gasteiger partial charge in [-0.15, -0.1) is 0 Å². The molecule has 0 aliphatic heterocycles. The number of rotatable bonds is 8. The van der Waals surface area contributed by atoms with Crippen molar-refractivity contribution in [2.45, 2.75) is 46.1 Å². The van der Waals surface area contributed by atoms with Crippen LogP contribution in [0.4, 0.5) is 0 Å². The van der Waals surface area contributed by atoms with Gasteiger partial charge in [-0.2, -0.15) is 0 Å². The molecule has 0 amide bonds. The molecule has 0 saturated carbocycles. The predicted molar refractivity (Wildman–Crippen MR) is 62.8 cm³/mol. The SMILES string of the molecule is CCCCOC(=O)[C@@H](C)CC(=O)O[C@@H](C)C(=O)O. The van der Waals surface area contributed by atoms with Crippen molar-refractivity contribution in [1.29, 1.82) is 0 Å². The van der Waals surface area contributed by atoms with Crippen LogP contribution in [0.25, 0.3) is 0 Å². The quantitative estimate of drug-likeness (QED) is 0.523. The van der Waals surface area contributed by atoms with Gasteiger partial charge in [0.25, 0.3) is 0 Å². The van der Waals surface area contributed by atoms with E-state index in [2.05, 4.69) is 4.74 Å². The second kappa shape index (κ2) is 8.49. The average Bonchev–Trinajstić information content (AvgIpc) is 2.28. The molecule has 18 heavy (non-hydrogen) atoms. The number of hydrogen-bond acceptors (Lipinski definition) is 5. The number of ether oxygens (including phenoxy) is 2. The molecule has 0 aromatic rings. The van der Waals surface area contributed by atoms with E-state index in [1.807, 2.05) is 6.92 Å². The highest BCUT2D eigenvalue weighted by molar-refractivity contribution is 5.81. The third-order valence-electron chi connectivity index (χ3n) is 2.27. The van der Waals surface area contributed by atoms with E-state index in [1.165, 1.54) is 6.92 Å². The molecule has 2 atom stereocenters. The smallest absolute Gasteiger partial charge is 0.344 e. The standard InChI is InChI=1S/C12H20O6/c1-4-5-6-17-12(16)8(2)7-10(13)18-9(3)11(14)15/h8-9H,4-7H2,1-3H3,(H,14,15)/t8-,9-/m0/s1. The van der Waals surface area contributed by atoms with E-state index < -0.39 is 29.9 Å². The Kier molecular flexibility index (Phi) is 7.74. The van der Waals surface area contributed by atoms with Crippen molar-refractivity contribution in [3.63, 3.8) is 0 Å². The minimum absolute atomic E-state index is 0.178. The van der Waals surface area contributed by atoms with Gasteiger partial charge in [0.05, 0.1) is 18.9 Å². The monoisotopic (exact) mass is 260 g/mol. The largest absolute Gasteiger partial charge is 0.479 e. The van der Waals surface area contributed by atoms with Crippen molar-refractivity contribution in [3.05, 3.63) is 0 Å². The van der Waals surface area contributed by atoms with Gasteiger partial charge < -0.3 is 14.6 Å². The maximum atomic E-state index is 11.4. The van der Waals surface area contributed by atoms with Crippen molar-refractivity contribution >= 4 is 17.9 Å². The molecular weight excluding hydrogens is 240 g/mol. The topological polar surface area (TPSA) is 89.9 Å². The molecule has 0 aromatic heterocycles. The molecule has 0 aliphatic carbocycles. The molecule has 0 heterocycles. The normalized spacial score (nSPS) is 13.5. The fourth-order valence-electron chi connectivity index (χ4n) is 1.09. The van der Waals surface area contributed by atoms with Crippen LogP contribution in [-0.2, 0) is 23.9 Å². The Hall–Kier alpha value is -1.59. The molecule has 0 bridgehead atoms. The zero-order chi connectivity index (χ0) is 14.1. The molecule has 0 unspecified atom stereocenters. The Morgan fingerprint density at radius 3 is 2.33 bits per heavy atom. The van der Waals surface area contributed by atoms with Gasteiger partial charge in [0.1, 0.15) is 0 Å². The first-order valence-electron chi connectivity index (χ1n) is 5.97. The highest BCUT2D eigenvalue weighted by Gasteiger charge is 2.22. The average molecular weight is 260 g/mol. The van der Waals surface area contributed by atoms with Gasteiger partial charge in [-0.1, -0.05) is 20.3 Å². The number of carboxylic acid groups (broad SMARTS) is 1. The van der Waals surface area contributed by atoms with Crippen molar-refractivity contribution < 1.29 is 29.0 Å². The molecule has 6 heteroatoms. The summed E-state index contributed by atoms with van der Waals surface area (Å²) in [6.45, 7) is 5.10. The zero-order valence-electron chi connectivity index (χ0n) is 11.0. The van der Waals surface area contributed by atoms with E-state index in [4.69, 9.17) is 9.84 Å². The highest BCUT2D eigenvalue weighted by Crippen LogP contribution is 2.08. The Balaban J connectivity index is 3.99. The lowest BCUT2D eigenvalue weighted by Crippen LogP contribution is -2.26. The number of carbonyl (C=O) groups excluding carboxylic acids is 2. The van der Waals surface area contributed by atoms with E-state index in [0.29, 0.717) is 6.61 Å². The van der Waals surface area contributed by atoms with Gasteiger partial charge in [-0.05, 0) is 13.3 Å². The molecule has 6 nitrogen and oxygen atoms in total. The van der Waals surface area contributed by atoms with E-state index in [1.54, 1.807) is 6.92 Å². The summed E-state index contributed by atoms with van der Waals surface area (Å²) >= 11 is 0. The number of carboxylic acids is 1. The summed E-state index contributed by atoms with van der Waals surface area (Å²) in [7, 11) is 0. The third kappa shape index (κ3) is 6.88. The van der Waals surface area contributed by atoms with Gasteiger partial charge in [0.2, 0.25) is 0 Å². The first-order chi connectivity index (χ1) is 8.38. The second-order valence-corrected chi connectivity index (χ2v) is 4.10. The summed E-state index contributed by atoms with van der Waals surface area (Å²) < 4.78 is 9.55. The minimum Gasteiger partial charge on any atom is -0.479 e. The summed E-state index contributed by atoms with van der Waals surface area (Å²) in [6, 6.07) is 0. The van der Waals surface area contributed by atoms with Crippen LogP contribution in [0.3, 0.4) is 0 Å². The Morgan fingerprint density at radius 1 is 1.22 bits per heavy atom. The molecule has 0 aliphatic rings. The van der Waals surface area contributed by atoms with E-state index in [0.717, 1.165) is 12.8 Å². The lowest BCUT2D eigenvalue weighted by molar-refractivity contribution is -0.165. The molecule has 1 N–H and O–H groups in total. The first-order valence-corrected chi connectivity index (χ1v) is 5.97. The van der Waals surface area contributed by atoms with E-state index >= 15 is 0 Å². The third-order valence-corrected chi connectivity index (χ3v) is 2.27. The van der Waals surface area contributed by atoms with Crippen LogP contribution in [-0.4, -0.2) is 35.7 Å². The number of esters is 2. The lowest BCUT2D eigenvalue weighted by atomic mass is 10.1. The minimum atomic E-state index is -1.22. The molecule has 0 fully saturated rings. The van der Waals surface area contributed by atoms with Crippen LogP contribution in [0.15, 0.2) is 0 Å². The maximum Gasteiger partial charge on any atom is 0.344 e. The van der Waals surface area contributed by atoms with Gasteiger partial charge in [-0.3, -0.25) is 9.59 Å². The fourth-order valence-corrected chi connectivity index (χ4v) is 1.09. The summed E-state index contributed by atoms with van der Waals surface area (Å²) in [6.07, 6.45) is 0.308. The Labute approximate surface area is 106 Å². The predicted octanol–water partition coefficient (Wildman–Crippen LogP) is 1.37. The molecule has 0 rings (SSSR count). The van der Waals surface area contributed by atoms with Crippen LogP contribution in [0.5, 0.6) is 0 Å². The molecule has 0 spiro atoms. The number of hydrogen-bond donors (Lipinski definition) is 1. The lowest BCUT2D eigenvalue weighted by Gasteiger charge is -2.12. The highest BCUT2D eigenvalue weighted by atomic mass is 16.6. The van der Waals surface area contributed by atoms with Crippen molar-refractivity contribution in [3.8, 4) is 0 Å². The maximum absolute atomic E-state index is 11.4. The van der Waals surface area contributed by atoms with Gasteiger partial charge in [-0.25, -0.2) is 4.79 Å². The summed E-state index contributed by atoms with van der Waals surface area (Å²) in [5, 5.41) is 8.55. The van der Waals surface area contributed by atoms with Gasteiger partial charge in [0, 0.05) is 0 Å². The first kappa shape index (κ1) is 16.4. The van der Waals surface area contributed by atoms with E-state index in [9.17, 15) is 14.4 Å². The Morgan fingerprint density at radius 2 is 1.83 bits per heavy atom. The van der Waals surface area contributed by atoms with Crippen LogP contribution >= 0.6 is 0 Å². The number of carbonyl (C=O) groups is 3. The van der Waals surface area contributed by atoms with Crippen LogP contribution in [0.2, 0.25) is 0 Å². The van der Waals surface area contributed by atoms with Crippen LogP contribution in [0.1, 0.15) is 40.0 Å². The molecular formula is C12H20O6. The summed E-state index contributed by atoms with van der Waals surface area (Å²) in [5.74, 6) is -3.04. The van der Waals surface area contributed by atoms with Crippen LogP contribution in [0, 0.1) is 5.92 Å². The van der Waals surface area contributed by atoms with Crippen molar-refractivity contribution in [2.75, 3.05) is 6.61 Å². The fraction of sp³-hybridized carbons (Fsp3) is 0.750. The van der Waals surface area contributed by atoms with E-state index in [-0.39, 0.29) is 6.42 Å². The van der Waals surface area contributed by atoms with Gasteiger partial charge >= 0.3 is 17.9 Å². The van der Waals surface area contributed by atoms with Crippen molar-refractivity contribution in [1.82, 2.24) is 0 Å². The molecule has 104 valence electrons. The second-order valence-electron chi connectivity index (χ2n) is 4.10. The molecule has 0 saturated heterocycles. The van der Waals surface area contributed by atoms with Crippen molar-refractivity contribution in [2.24, 2.45) is 5.92 Å². The van der Waals surface area contributed by atoms with Gasteiger partial charge in [0.15, 0.2) is 6.10 Å². The summed E-state index contributed by atoms with van der Waals surface area (Å²) in [5.41, 5.74) is 0. The summed E-state index contributed by atoms with van der Waals surface area (Å²) in [4.78, 5) is 33.2.